The van der Waals surface area contributed by atoms with Crippen LogP contribution < -0.4 is 20.1 Å². The molecule has 0 aliphatic heterocycles. The van der Waals surface area contributed by atoms with Gasteiger partial charge < -0.3 is 40.0 Å². The first-order valence-corrected chi connectivity index (χ1v) is 16.8. The molecule has 14 nitrogen and oxygen atoms in total. The maximum absolute atomic E-state index is 13.4. The minimum absolute atomic E-state index is 0.0533. The number of nitrogens with zero attached hydrogens (tertiary/aromatic N) is 5. The Kier molecular flexibility index (Phi) is 14.8. The molecule has 47 heavy (non-hydrogen) atoms. The third-order valence-corrected chi connectivity index (χ3v) is 8.74. The van der Waals surface area contributed by atoms with Crippen LogP contribution in [0.2, 0.25) is 0 Å². The lowest BCUT2D eigenvalue weighted by atomic mass is 10.1. The minimum Gasteiger partial charge on any atom is -0.495 e. The van der Waals surface area contributed by atoms with Crippen molar-refractivity contribution in [2.45, 2.75) is 25.2 Å². The Bertz CT molecular complexity index is 1630. The van der Waals surface area contributed by atoms with Gasteiger partial charge in [-0.15, -0.1) is 10.2 Å². The molecule has 0 bridgehead atoms. The average Bonchev–Trinajstić information content (AvgIpc) is 3.07. The summed E-state index contributed by atoms with van der Waals surface area (Å²) in [6, 6.07) is 14.3. The number of hydrogen-bond acceptors (Lipinski definition) is 14. The fourth-order valence-corrected chi connectivity index (χ4v) is 6.12. The number of nitriles is 1. The zero-order valence-corrected chi connectivity index (χ0v) is 28.0. The smallest absolute Gasteiger partial charge is 0.183 e. The summed E-state index contributed by atoms with van der Waals surface area (Å²) >= 11 is 0. The standard InChI is InChI=1S/C32H43N7O7S/c1-5-12-39(13-15-40)14-19-47(42,43)29-21-27(44-3)26(20-28(29)45-4)37-38-30-23(2)25(22-33)31(35-24-9-7-6-8-10-24)36-32(30)34-11-17-46-18-16-41/h6-10,20-21,40-41H,5,11-19H2,1-4H3,(H2,34,35,36). The van der Waals surface area contributed by atoms with Crippen LogP contribution in [0.25, 0.3) is 0 Å². The predicted octanol–water partition coefficient (Wildman–Crippen LogP) is 4.34. The van der Waals surface area contributed by atoms with Crippen molar-refractivity contribution in [1.82, 2.24) is 9.88 Å². The number of aromatic nitrogens is 1. The summed E-state index contributed by atoms with van der Waals surface area (Å²) in [4.78, 5) is 6.49. The number of aliphatic hydroxyl groups is 2. The number of anilines is 3. The van der Waals surface area contributed by atoms with Gasteiger partial charge in [-0.05, 0) is 32.0 Å². The second-order valence-electron chi connectivity index (χ2n) is 10.3. The third kappa shape index (κ3) is 10.3. The minimum atomic E-state index is -3.81. The number of azo groups is 1. The molecule has 0 atom stereocenters. The molecule has 3 rings (SSSR count). The molecule has 0 radical (unpaired) electrons. The summed E-state index contributed by atoms with van der Waals surface area (Å²) in [6.07, 6.45) is 0.822. The maximum atomic E-state index is 13.4. The van der Waals surface area contributed by atoms with E-state index in [0.717, 1.165) is 12.1 Å². The van der Waals surface area contributed by atoms with Crippen LogP contribution in [0.15, 0.2) is 57.6 Å². The summed E-state index contributed by atoms with van der Waals surface area (Å²) in [7, 11) is -1.05. The van der Waals surface area contributed by atoms with Crippen molar-refractivity contribution in [1.29, 1.82) is 5.26 Å². The van der Waals surface area contributed by atoms with Crippen molar-refractivity contribution < 1.29 is 32.8 Å². The lowest BCUT2D eigenvalue weighted by Crippen LogP contribution is -2.32. The molecule has 0 spiro atoms. The molecule has 0 fully saturated rings. The van der Waals surface area contributed by atoms with Gasteiger partial charge in [-0.1, -0.05) is 25.1 Å². The summed E-state index contributed by atoms with van der Waals surface area (Å²) < 4.78 is 43.2. The predicted molar refractivity (Wildman–Crippen MR) is 179 cm³/mol. The van der Waals surface area contributed by atoms with Crippen LogP contribution in [-0.4, -0.2) is 101 Å². The fourth-order valence-electron chi connectivity index (χ4n) is 4.66. The second-order valence-corrected chi connectivity index (χ2v) is 12.4. The monoisotopic (exact) mass is 669 g/mol. The lowest BCUT2D eigenvalue weighted by Gasteiger charge is -2.21. The highest BCUT2D eigenvalue weighted by Crippen LogP contribution is 2.40. The van der Waals surface area contributed by atoms with Crippen molar-refractivity contribution in [3.63, 3.8) is 0 Å². The molecule has 0 aliphatic rings. The van der Waals surface area contributed by atoms with E-state index in [1.165, 1.54) is 26.4 Å². The number of hydrogen-bond donors (Lipinski definition) is 4. The van der Waals surface area contributed by atoms with E-state index in [2.05, 4.69) is 31.9 Å². The van der Waals surface area contributed by atoms with Crippen molar-refractivity contribution in [3.8, 4) is 17.6 Å². The van der Waals surface area contributed by atoms with E-state index in [-0.39, 0.29) is 72.1 Å². The van der Waals surface area contributed by atoms with Crippen LogP contribution in [0, 0.1) is 18.3 Å². The Balaban J connectivity index is 2.03. The van der Waals surface area contributed by atoms with Crippen LogP contribution in [0.4, 0.5) is 28.7 Å². The molecule has 3 aromatic rings. The van der Waals surface area contributed by atoms with E-state index in [9.17, 15) is 18.8 Å². The Morgan fingerprint density at radius 2 is 1.72 bits per heavy atom. The number of benzene rings is 2. The van der Waals surface area contributed by atoms with Crippen LogP contribution in [0.3, 0.4) is 0 Å². The number of para-hydroxylation sites is 1. The Labute approximate surface area is 275 Å². The van der Waals surface area contributed by atoms with Gasteiger partial charge in [0.2, 0.25) is 0 Å². The quantitative estimate of drug-likeness (QED) is 0.0985. The zero-order valence-electron chi connectivity index (χ0n) is 27.2. The van der Waals surface area contributed by atoms with Crippen LogP contribution >= 0.6 is 0 Å². The number of aliphatic hydroxyl groups excluding tert-OH is 2. The third-order valence-electron chi connectivity index (χ3n) is 7.03. The number of sulfone groups is 1. The SMILES string of the molecule is CCCN(CCO)CCS(=O)(=O)c1cc(OC)c(N=Nc2c(NCCOCCO)nc(Nc3ccccc3)c(C#N)c2C)cc1OC. The van der Waals surface area contributed by atoms with Crippen LogP contribution in [0.1, 0.15) is 24.5 Å². The van der Waals surface area contributed by atoms with Gasteiger partial charge in [-0.2, -0.15) is 5.26 Å². The highest BCUT2D eigenvalue weighted by atomic mass is 32.2. The van der Waals surface area contributed by atoms with E-state index in [1.54, 1.807) is 6.92 Å². The summed E-state index contributed by atoms with van der Waals surface area (Å²) in [6.45, 7) is 5.60. The van der Waals surface area contributed by atoms with Gasteiger partial charge in [-0.25, -0.2) is 13.4 Å². The van der Waals surface area contributed by atoms with Crippen LogP contribution in [-0.2, 0) is 14.6 Å². The van der Waals surface area contributed by atoms with Gasteiger partial charge in [0, 0.05) is 43.0 Å². The first kappa shape index (κ1) is 37.1. The molecule has 1 aromatic heterocycles. The Morgan fingerprint density at radius 1 is 0.979 bits per heavy atom. The fraction of sp³-hybridized carbons (Fsp3) is 0.438. The van der Waals surface area contributed by atoms with E-state index >= 15 is 0 Å². The summed E-state index contributed by atoms with van der Waals surface area (Å²) in [5.41, 5.74) is 1.96. The molecule has 2 aromatic carbocycles. The maximum Gasteiger partial charge on any atom is 0.183 e. The molecule has 4 N–H and O–H groups in total. The molecule has 0 saturated carbocycles. The first-order chi connectivity index (χ1) is 22.7. The summed E-state index contributed by atoms with van der Waals surface area (Å²) in [5, 5.41) is 43.6. The first-order valence-electron chi connectivity index (χ1n) is 15.2. The summed E-state index contributed by atoms with van der Waals surface area (Å²) in [5.74, 6) is 0.669. The van der Waals surface area contributed by atoms with E-state index in [4.69, 9.17) is 19.3 Å². The van der Waals surface area contributed by atoms with Crippen molar-refractivity contribution in [2.24, 2.45) is 10.2 Å². The highest BCUT2D eigenvalue weighted by molar-refractivity contribution is 7.91. The van der Waals surface area contributed by atoms with E-state index in [1.807, 2.05) is 42.2 Å². The lowest BCUT2D eigenvalue weighted by molar-refractivity contribution is 0.0992. The van der Waals surface area contributed by atoms with Gasteiger partial charge in [0.25, 0.3) is 0 Å². The second kappa shape index (κ2) is 18.7. The molecular weight excluding hydrogens is 626 g/mol. The number of rotatable bonds is 20. The van der Waals surface area contributed by atoms with Gasteiger partial charge in [-0.3, -0.25) is 0 Å². The number of ether oxygens (including phenoxy) is 3. The van der Waals surface area contributed by atoms with Crippen LogP contribution in [0.5, 0.6) is 11.5 Å². The normalized spacial score (nSPS) is 11.5. The van der Waals surface area contributed by atoms with E-state index < -0.39 is 9.84 Å². The van der Waals surface area contributed by atoms with Gasteiger partial charge in [0.05, 0.1) is 52.0 Å². The molecule has 1 heterocycles. The van der Waals surface area contributed by atoms with E-state index in [0.29, 0.717) is 36.8 Å². The largest absolute Gasteiger partial charge is 0.495 e. The molecule has 254 valence electrons. The van der Waals surface area contributed by atoms with Crippen molar-refractivity contribution in [3.05, 3.63) is 53.6 Å². The molecule has 0 aliphatic carbocycles. The molecule has 0 amide bonds. The van der Waals surface area contributed by atoms with Gasteiger partial charge in [0.1, 0.15) is 33.8 Å². The van der Waals surface area contributed by atoms with Gasteiger partial charge in [0.15, 0.2) is 21.5 Å². The molecule has 0 saturated heterocycles. The molecule has 0 unspecified atom stereocenters. The molecular formula is C32H43N7O7S. The zero-order chi connectivity index (χ0) is 34.2. The number of methoxy groups -OCH3 is 2. The molecule has 15 heteroatoms. The Hall–Kier alpha value is -4.33. The number of pyridine rings is 1. The number of nitrogens with one attached hydrogen (secondary N) is 2. The Morgan fingerprint density at radius 3 is 2.36 bits per heavy atom. The topological polar surface area (TPSA) is 191 Å². The van der Waals surface area contributed by atoms with Crippen molar-refractivity contribution in [2.75, 3.05) is 83.2 Å². The average molecular weight is 670 g/mol. The van der Waals surface area contributed by atoms with Crippen molar-refractivity contribution >= 4 is 38.5 Å². The van der Waals surface area contributed by atoms with Gasteiger partial charge >= 0.3 is 0 Å². The highest BCUT2D eigenvalue weighted by Gasteiger charge is 2.24.